The number of anilines is 1. The van der Waals surface area contributed by atoms with Gasteiger partial charge >= 0.3 is 12.7 Å². The topological polar surface area (TPSA) is 42.8 Å². The third-order valence-corrected chi connectivity index (χ3v) is 4.59. The lowest BCUT2D eigenvalue weighted by molar-refractivity contribution is -0.275. The Morgan fingerprint density at radius 2 is 1.24 bits per heavy atom. The van der Waals surface area contributed by atoms with E-state index in [-0.39, 0.29) is 11.5 Å². The predicted octanol–water partition coefficient (Wildman–Crippen LogP) is 8.10. The summed E-state index contributed by atoms with van der Waals surface area (Å²) in [6, 6.07) is 17.4. The number of halogens is 7. The van der Waals surface area contributed by atoms with E-state index >= 15 is 0 Å². The molecule has 4 nitrogen and oxygen atoms in total. The van der Waals surface area contributed by atoms with Crippen LogP contribution in [-0.4, -0.2) is 18.9 Å². The van der Waals surface area contributed by atoms with Gasteiger partial charge in [-0.3, -0.25) is 4.99 Å². The fourth-order valence-electron chi connectivity index (χ4n) is 2.67. The third kappa shape index (κ3) is 8.47. The lowest BCUT2D eigenvalue weighted by Crippen LogP contribution is -2.17. The van der Waals surface area contributed by atoms with Crippen molar-refractivity contribution in [3.8, 4) is 11.5 Å². The minimum atomic E-state index is -4.79. The summed E-state index contributed by atoms with van der Waals surface area (Å²) < 4.78 is 82.4. The molecule has 0 unspecified atom stereocenters. The number of alkyl halides is 6. The Kier molecular flexibility index (Phi) is 7.87. The van der Waals surface area contributed by atoms with Gasteiger partial charge in [0.25, 0.3) is 0 Å². The maximum absolute atomic E-state index is 12.4. The molecule has 3 aromatic carbocycles. The van der Waals surface area contributed by atoms with Crippen molar-refractivity contribution in [2.45, 2.75) is 12.7 Å². The average Bonchev–Trinajstić information content (AvgIpc) is 2.74. The first-order valence-electron chi connectivity index (χ1n) is 9.46. The minimum absolute atomic E-state index is 0.355. The van der Waals surface area contributed by atoms with Crippen molar-refractivity contribution in [3.05, 3.63) is 88.9 Å². The van der Waals surface area contributed by atoms with Gasteiger partial charge in [0, 0.05) is 22.1 Å². The smallest absolute Gasteiger partial charge is 0.406 e. The monoisotopic (exact) mass is 544 g/mol. The maximum Gasteiger partial charge on any atom is 0.573 e. The number of nitrogens with one attached hydrogen (secondary N) is 1. The quantitative estimate of drug-likeness (QED) is 0.241. The summed E-state index contributed by atoms with van der Waals surface area (Å²) in [7, 11) is 0. The number of benzene rings is 3. The largest absolute Gasteiger partial charge is 0.573 e. The molecule has 11 heteroatoms. The Balaban J connectivity index is 1.78. The lowest BCUT2D eigenvalue weighted by Gasteiger charge is -2.13. The molecule has 0 bridgehead atoms. The molecule has 0 amide bonds. The van der Waals surface area contributed by atoms with Crippen LogP contribution in [0, 0.1) is 0 Å². The minimum Gasteiger partial charge on any atom is -0.406 e. The zero-order valence-corrected chi connectivity index (χ0v) is 18.6. The van der Waals surface area contributed by atoms with Gasteiger partial charge in [0.1, 0.15) is 11.5 Å². The van der Waals surface area contributed by atoms with Gasteiger partial charge in [-0.1, -0.05) is 28.1 Å². The zero-order chi connectivity index (χ0) is 24.8. The van der Waals surface area contributed by atoms with Crippen LogP contribution in [0.1, 0.15) is 5.56 Å². The van der Waals surface area contributed by atoms with Gasteiger partial charge in [-0.15, -0.1) is 26.3 Å². The lowest BCUT2D eigenvalue weighted by atomic mass is 10.1. The SMILES string of the molecule is FC(F)(F)Oc1ccc(N=CC=C(Nc2ccc(OC(F)(F)F)cc2)c2ccc(Br)cc2)cc1. The van der Waals surface area contributed by atoms with Crippen LogP contribution in [0.2, 0.25) is 0 Å². The molecule has 0 heterocycles. The highest BCUT2D eigenvalue weighted by atomic mass is 79.9. The first kappa shape index (κ1) is 25.2. The second kappa shape index (κ2) is 10.6. The van der Waals surface area contributed by atoms with E-state index in [1.165, 1.54) is 42.6 Å². The van der Waals surface area contributed by atoms with Gasteiger partial charge in [-0.2, -0.15) is 0 Å². The standard InChI is InChI=1S/C23H15BrF6N2O2/c24-16-3-1-15(2-4-16)21(32-18-7-11-20(12-8-18)34-23(28,29)30)13-14-31-17-5-9-19(10-6-17)33-22(25,26)27/h1-14,32H. The van der Waals surface area contributed by atoms with Gasteiger partial charge in [0.05, 0.1) is 5.69 Å². The number of hydrogen-bond acceptors (Lipinski definition) is 4. The van der Waals surface area contributed by atoms with E-state index < -0.39 is 12.7 Å². The average molecular weight is 545 g/mol. The van der Waals surface area contributed by atoms with Crippen LogP contribution in [0.3, 0.4) is 0 Å². The molecule has 0 radical (unpaired) electrons. The highest BCUT2D eigenvalue weighted by Crippen LogP contribution is 2.27. The van der Waals surface area contributed by atoms with Crippen LogP contribution in [0.15, 0.2) is 88.3 Å². The van der Waals surface area contributed by atoms with E-state index in [1.807, 2.05) is 12.1 Å². The molecule has 0 aliphatic heterocycles. The molecule has 1 N–H and O–H groups in total. The van der Waals surface area contributed by atoms with Gasteiger partial charge in [-0.05, 0) is 72.3 Å². The van der Waals surface area contributed by atoms with Crippen LogP contribution in [0.4, 0.5) is 37.7 Å². The van der Waals surface area contributed by atoms with Gasteiger partial charge in [0.2, 0.25) is 0 Å². The molecule has 0 aliphatic carbocycles. The van der Waals surface area contributed by atoms with E-state index in [9.17, 15) is 26.3 Å². The highest BCUT2D eigenvalue weighted by Gasteiger charge is 2.31. The van der Waals surface area contributed by atoms with Crippen molar-refractivity contribution >= 4 is 39.2 Å². The summed E-state index contributed by atoms with van der Waals surface area (Å²) in [6.07, 6.45) is -6.52. The van der Waals surface area contributed by atoms with Crippen molar-refractivity contribution in [2.75, 3.05) is 5.32 Å². The Bertz CT molecular complexity index is 1140. The molecule has 0 spiro atoms. The molecule has 0 atom stereocenters. The van der Waals surface area contributed by atoms with Crippen LogP contribution in [0.25, 0.3) is 5.70 Å². The number of aliphatic imine (C=N–C) groups is 1. The van der Waals surface area contributed by atoms with Crippen LogP contribution < -0.4 is 14.8 Å². The number of ether oxygens (including phenoxy) is 2. The van der Waals surface area contributed by atoms with Crippen LogP contribution >= 0.6 is 15.9 Å². The summed E-state index contributed by atoms with van der Waals surface area (Å²) in [5.41, 5.74) is 2.19. The Labute approximate surface area is 198 Å². The predicted molar refractivity (Wildman–Crippen MR) is 120 cm³/mol. The van der Waals surface area contributed by atoms with Gasteiger partial charge in [-0.25, -0.2) is 0 Å². The first-order valence-corrected chi connectivity index (χ1v) is 10.3. The Hall–Kier alpha value is -3.47. The van der Waals surface area contributed by atoms with Crippen LogP contribution in [0.5, 0.6) is 11.5 Å². The normalized spacial score (nSPS) is 12.6. The first-order chi connectivity index (χ1) is 16.0. The molecular weight excluding hydrogens is 530 g/mol. The molecule has 0 saturated carbocycles. The van der Waals surface area contributed by atoms with E-state index in [0.29, 0.717) is 17.1 Å². The number of rotatable bonds is 7. The van der Waals surface area contributed by atoms with E-state index in [2.05, 4.69) is 35.7 Å². The fourth-order valence-corrected chi connectivity index (χ4v) is 2.93. The molecule has 3 aromatic rings. The van der Waals surface area contributed by atoms with Crippen molar-refractivity contribution in [1.82, 2.24) is 0 Å². The van der Waals surface area contributed by atoms with Crippen molar-refractivity contribution in [3.63, 3.8) is 0 Å². The summed E-state index contributed by atoms with van der Waals surface area (Å²) >= 11 is 3.35. The van der Waals surface area contributed by atoms with Gasteiger partial charge in [0.15, 0.2) is 0 Å². The van der Waals surface area contributed by atoms with E-state index in [4.69, 9.17) is 0 Å². The molecule has 0 fully saturated rings. The molecule has 3 rings (SSSR count). The van der Waals surface area contributed by atoms with Gasteiger partial charge < -0.3 is 14.8 Å². The van der Waals surface area contributed by atoms with Crippen LogP contribution in [-0.2, 0) is 0 Å². The van der Waals surface area contributed by atoms with E-state index in [1.54, 1.807) is 18.2 Å². The van der Waals surface area contributed by atoms with E-state index in [0.717, 1.165) is 22.2 Å². The van der Waals surface area contributed by atoms with Crippen molar-refractivity contribution in [1.29, 1.82) is 0 Å². The van der Waals surface area contributed by atoms with Crippen molar-refractivity contribution < 1.29 is 35.8 Å². The molecule has 178 valence electrons. The summed E-state index contributed by atoms with van der Waals surface area (Å²) in [5, 5.41) is 3.10. The second-order valence-corrected chi connectivity index (χ2v) is 7.52. The number of hydrogen-bond donors (Lipinski definition) is 1. The highest BCUT2D eigenvalue weighted by molar-refractivity contribution is 9.10. The maximum atomic E-state index is 12.4. The number of allylic oxidation sites excluding steroid dienone is 1. The summed E-state index contributed by atoms with van der Waals surface area (Å²) in [5.74, 6) is -0.719. The summed E-state index contributed by atoms with van der Waals surface area (Å²) in [6.45, 7) is 0. The Morgan fingerprint density at radius 1 is 0.735 bits per heavy atom. The fraction of sp³-hybridized carbons (Fsp3) is 0.0870. The molecular formula is C23H15BrF6N2O2. The molecule has 34 heavy (non-hydrogen) atoms. The summed E-state index contributed by atoms with van der Waals surface area (Å²) in [4.78, 5) is 4.19. The molecule has 0 aromatic heterocycles. The second-order valence-electron chi connectivity index (χ2n) is 6.60. The third-order valence-electron chi connectivity index (χ3n) is 4.06. The Morgan fingerprint density at radius 3 is 1.74 bits per heavy atom. The number of nitrogens with zero attached hydrogens (tertiary/aromatic N) is 1. The molecule has 0 aliphatic rings. The zero-order valence-electron chi connectivity index (χ0n) is 17.0. The molecule has 0 saturated heterocycles. The van der Waals surface area contributed by atoms with Crippen molar-refractivity contribution in [2.24, 2.45) is 4.99 Å².